The lowest BCUT2D eigenvalue weighted by Gasteiger charge is -2.37. The highest BCUT2D eigenvalue weighted by Crippen LogP contribution is 2.16. The highest BCUT2D eigenvalue weighted by atomic mass is 16.5. The summed E-state index contributed by atoms with van der Waals surface area (Å²) in [6.07, 6.45) is -0.432. The average molecular weight is 372 g/mol. The molecule has 0 aliphatic carbocycles. The Morgan fingerprint density at radius 3 is 2.37 bits per heavy atom. The van der Waals surface area contributed by atoms with Crippen molar-refractivity contribution in [1.82, 2.24) is 9.91 Å². The number of carbonyl (C=O) groups excluding carboxylic acids is 3. The van der Waals surface area contributed by atoms with E-state index in [1.165, 1.54) is 7.05 Å². The van der Waals surface area contributed by atoms with E-state index in [0.717, 1.165) is 23.8 Å². The Labute approximate surface area is 158 Å². The van der Waals surface area contributed by atoms with Gasteiger partial charge in [0.25, 0.3) is 5.91 Å². The molecule has 1 saturated heterocycles. The Kier molecular flexibility index (Phi) is 5.73. The normalized spacial score (nSPS) is 18.8. The van der Waals surface area contributed by atoms with E-state index in [2.05, 4.69) is 22.1 Å². The van der Waals surface area contributed by atoms with E-state index in [4.69, 9.17) is 4.74 Å². The van der Waals surface area contributed by atoms with Gasteiger partial charge in [-0.25, -0.2) is 9.80 Å². The van der Waals surface area contributed by atoms with Gasteiger partial charge in [0.15, 0.2) is 6.10 Å². The van der Waals surface area contributed by atoms with Crippen molar-refractivity contribution >= 4 is 29.2 Å². The van der Waals surface area contributed by atoms with E-state index < -0.39 is 12.1 Å². The molecule has 8 heteroatoms. The maximum absolute atomic E-state index is 12.6. The fourth-order valence-electron chi connectivity index (χ4n) is 3.18. The van der Waals surface area contributed by atoms with Crippen LogP contribution < -0.4 is 4.90 Å². The summed E-state index contributed by atoms with van der Waals surface area (Å²) in [5, 5.41) is 5.06. The molecular weight excluding hydrogens is 348 g/mol. The highest BCUT2D eigenvalue weighted by molar-refractivity contribution is 6.37. The van der Waals surface area contributed by atoms with Crippen LogP contribution >= 0.6 is 0 Å². The zero-order valence-corrected chi connectivity index (χ0v) is 15.6. The van der Waals surface area contributed by atoms with Gasteiger partial charge in [0, 0.05) is 51.8 Å². The Morgan fingerprint density at radius 2 is 1.74 bits per heavy atom. The lowest BCUT2D eigenvalue weighted by atomic mass is 10.1. The van der Waals surface area contributed by atoms with E-state index in [1.54, 1.807) is 11.8 Å². The number of nitrogens with zero attached hydrogens (tertiary/aromatic N) is 4. The Morgan fingerprint density at radius 1 is 1.07 bits per heavy atom. The van der Waals surface area contributed by atoms with Gasteiger partial charge >= 0.3 is 5.97 Å². The molecule has 0 radical (unpaired) electrons. The number of anilines is 1. The molecule has 1 fully saturated rings. The van der Waals surface area contributed by atoms with Crippen LogP contribution in [0.15, 0.2) is 35.4 Å². The van der Waals surface area contributed by atoms with Gasteiger partial charge in [0.1, 0.15) is 5.71 Å². The Hall–Kier alpha value is -2.90. The second-order valence-corrected chi connectivity index (χ2v) is 6.66. The minimum Gasteiger partial charge on any atom is -0.448 e. The van der Waals surface area contributed by atoms with Gasteiger partial charge < -0.3 is 14.5 Å². The Balaban J connectivity index is 1.52. The predicted molar refractivity (Wildman–Crippen MR) is 100 cm³/mol. The summed E-state index contributed by atoms with van der Waals surface area (Å²) >= 11 is 0. The topological polar surface area (TPSA) is 82.5 Å². The average Bonchev–Trinajstić information content (AvgIpc) is 2.70. The van der Waals surface area contributed by atoms with E-state index >= 15 is 0 Å². The monoisotopic (exact) mass is 372 g/mol. The number of esters is 1. The molecule has 27 heavy (non-hydrogen) atoms. The SMILES string of the molecule is CC(OC(=O)C1=NN(C)C(=O)CC1)C(=O)N1CCN(c2ccccc2)CC1. The standard InChI is InChI=1S/C19H24N4O4/c1-14(27-19(26)16-8-9-17(24)21(2)20-16)18(25)23-12-10-22(11-13-23)15-6-4-3-5-7-15/h3-7,14H,8-13H2,1-2H3. The minimum absolute atomic E-state index is 0.146. The van der Waals surface area contributed by atoms with Crippen molar-refractivity contribution in [3.05, 3.63) is 30.3 Å². The summed E-state index contributed by atoms with van der Waals surface area (Å²) in [7, 11) is 1.50. The first-order chi connectivity index (χ1) is 13.0. The van der Waals surface area contributed by atoms with Crippen molar-refractivity contribution in [3.63, 3.8) is 0 Å². The lowest BCUT2D eigenvalue weighted by molar-refractivity contribution is -0.154. The molecule has 1 unspecified atom stereocenters. The quantitative estimate of drug-likeness (QED) is 0.733. The number of para-hydroxylation sites is 1. The molecule has 0 N–H and O–H groups in total. The first kappa shape index (κ1) is 18.9. The molecule has 2 amide bonds. The molecule has 0 saturated carbocycles. The molecule has 2 aliphatic rings. The van der Waals surface area contributed by atoms with Crippen molar-refractivity contribution in [2.45, 2.75) is 25.9 Å². The van der Waals surface area contributed by atoms with Gasteiger partial charge in [0.05, 0.1) is 0 Å². The van der Waals surface area contributed by atoms with Gasteiger partial charge in [0.2, 0.25) is 5.91 Å². The van der Waals surface area contributed by atoms with E-state index in [0.29, 0.717) is 13.1 Å². The molecule has 0 bridgehead atoms. The third-order valence-corrected chi connectivity index (χ3v) is 4.79. The van der Waals surface area contributed by atoms with Crippen LogP contribution in [0.5, 0.6) is 0 Å². The molecule has 3 rings (SSSR count). The number of ether oxygens (including phenoxy) is 1. The molecule has 1 atom stereocenters. The smallest absolute Gasteiger partial charge is 0.355 e. The number of amides is 2. The third kappa shape index (κ3) is 4.45. The molecular formula is C19H24N4O4. The third-order valence-electron chi connectivity index (χ3n) is 4.79. The van der Waals surface area contributed by atoms with E-state index in [1.807, 2.05) is 18.2 Å². The maximum Gasteiger partial charge on any atom is 0.355 e. The van der Waals surface area contributed by atoms with Crippen LogP contribution in [0, 0.1) is 0 Å². The number of hydrogen-bond acceptors (Lipinski definition) is 6. The van der Waals surface area contributed by atoms with Gasteiger partial charge in [-0.15, -0.1) is 0 Å². The number of piperazine rings is 1. The first-order valence-electron chi connectivity index (χ1n) is 9.09. The van der Waals surface area contributed by atoms with Crippen molar-refractivity contribution in [1.29, 1.82) is 0 Å². The van der Waals surface area contributed by atoms with Crippen molar-refractivity contribution < 1.29 is 19.1 Å². The van der Waals surface area contributed by atoms with E-state index in [-0.39, 0.29) is 30.4 Å². The van der Waals surface area contributed by atoms with Crippen molar-refractivity contribution in [2.75, 3.05) is 38.1 Å². The van der Waals surface area contributed by atoms with Crippen LogP contribution in [0.4, 0.5) is 5.69 Å². The first-order valence-corrected chi connectivity index (χ1v) is 9.09. The van der Waals surface area contributed by atoms with Crippen LogP contribution in [0.3, 0.4) is 0 Å². The number of hydrazone groups is 1. The van der Waals surface area contributed by atoms with Gasteiger partial charge in [-0.1, -0.05) is 18.2 Å². The fourth-order valence-corrected chi connectivity index (χ4v) is 3.18. The summed E-state index contributed by atoms with van der Waals surface area (Å²) in [5.41, 5.74) is 1.31. The molecule has 0 aromatic heterocycles. The lowest BCUT2D eigenvalue weighted by Crippen LogP contribution is -2.52. The minimum atomic E-state index is -0.883. The number of carbonyl (C=O) groups is 3. The second kappa shape index (κ2) is 8.20. The van der Waals surface area contributed by atoms with Gasteiger partial charge in [-0.2, -0.15) is 5.10 Å². The summed E-state index contributed by atoms with van der Waals surface area (Å²) in [5.74, 6) is -0.998. The van der Waals surface area contributed by atoms with E-state index in [9.17, 15) is 14.4 Å². The molecule has 8 nitrogen and oxygen atoms in total. The molecule has 1 aromatic carbocycles. The molecule has 0 spiro atoms. The second-order valence-electron chi connectivity index (χ2n) is 6.66. The van der Waals surface area contributed by atoms with Gasteiger partial charge in [-0.3, -0.25) is 9.59 Å². The van der Waals surface area contributed by atoms with Crippen LogP contribution in [-0.2, 0) is 19.1 Å². The summed E-state index contributed by atoms with van der Waals surface area (Å²) in [6.45, 7) is 4.19. The zero-order valence-electron chi connectivity index (χ0n) is 15.6. The largest absolute Gasteiger partial charge is 0.448 e. The van der Waals surface area contributed by atoms with Crippen molar-refractivity contribution in [2.24, 2.45) is 5.10 Å². The zero-order chi connectivity index (χ0) is 19.4. The van der Waals surface area contributed by atoms with Gasteiger partial charge in [-0.05, 0) is 19.1 Å². The maximum atomic E-state index is 12.6. The number of benzene rings is 1. The molecule has 2 aliphatic heterocycles. The van der Waals surface area contributed by atoms with Crippen LogP contribution in [0.25, 0.3) is 0 Å². The molecule has 1 aromatic rings. The summed E-state index contributed by atoms with van der Waals surface area (Å²) in [4.78, 5) is 40.2. The van der Waals surface area contributed by atoms with Crippen LogP contribution in [-0.4, -0.2) is 72.7 Å². The Bertz CT molecular complexity index is 741. The van der Waals surface area contributed by atoms with Crippen molar-refractivity contribution in [3.8, 4) is 0 Å². The highest BCUT2D eigenvalue weighted by Gasteiger charge is 2.30. The van der Waals surface area contributed by atoms with Crippen LogP contribution in [0.1, 0.15) is 19.8 Å². The van der Waals surface area contributed by atoms with Crippen LogP contribution in [0.2, 0.25) is 0 Å². The number of rotatable bonds is 4. The molecule has 2 heterocycles. The summed E-state index contributed by atoms with van der Waals surface area (Å²) in [6, 6.07) is 10.1. The predicted octanol–water partition coefficient (Wildman–Crippen LogP) is 0.875. The fraction of sp³-hybridized carbons (Fsp3) is 0.474. The summed E-state index contributed by atoms with van der Waals surface area (Å²) < 4.78 is 5.29. The number of hydrogen-bond donors (Lipinski definition) is 0. The molecule has 144 valence electrons.